The summed E-state index contributed by atoms with van der Waals surface area (Å²) >= 11 is 1.03. The number of rotatable bonds is 5. The Balaban J connectivity index is 1.16. The third-order valence-electron chi connectivity index (χ3n) is 7.64. The van der Waals surface area contributed by atoms with Crippen molar-refractivity contribution >= 4 is 55.5 Å². The number of pyridine rings is 1. The summed E-state index contributed by atoms with van der Waals surface area (Å²) in [4.78, 5) is 48.1. The van der Waals surface area contributed by atoms with Crippen LogP contribution in [0.2, 0.25) is 0 Å². The summed E-state index contributed by atoms with van der Waals surface area (Å²) in [5.74, 6) is 0.105. The van der Waals surface area contributed by atoms with Gasteiger partial charge in [-0.3, -0.25) is 14.2 Å². The van der Waals surface area contributed by atoms with Gasteiger partial charge in [-0.05, 0) is 54.3 Å². The topological polar surface area (TPSA) is 145 Å². The van der Waals surface area contributed by atoms with Gasteiger partial charge in [0.15, 0.2) is 20.0 Å². The summed E-state index contributed by atoms with van der Waals surface area (Å²) in [6.45, 7) is -0.265. The number of hydrogen-bond acceptors (Lipinski definition) is 8. The van der Waals surface area contributed by atoms with Crippen molar-refractivity contribution in [2.75, 3.05) is 16.9 Å². The molecular formula is C28H22N6O5S2. The first kappa shape index (κ1) is 25.4. The first-order valence-electron chi connectivity index (χ1n) is 12.7. The third-order valence-corrected chi connectivity index (χ3v) is 9.59. The van der Waals surface area contributed by atoms with E-state index in [0.29, 0.717) is 35.4 Å². The van der Waals surface area contributed by atoms with Crippen molar-refractivity contribution in [3.8, 4) is 5.13 Å². The number of para-hydroxylation sites is 2. The first-order valence-corrected chi connectivity index (χ1v) is 15.5. The molecule has 0 saturated heterocycles. The number of aromatic nitrogens is 4. The molecule has 1 unspecified atom stereocenters. The maximum atomic E-state index is 13.5. The van der Waals surface area contributed by atoms with E-state index in [1.807, 2.05) is 24.3 Å². The number of anilines is 2. The number of carbonyl (C=O) groups excluding carboxylic acids is 2. The summed E-state index contributed by atoms with van der Waals surface area (Å²) < 4.78 is 26.5. The van der Waals surface area contributed by atoms with Crippen molar-refractivity contribution in [2.45, 2.75) is 29.8 Å². The highest BCUT2D eigenvalue weighted by molar-refractivity contribution is 7.90. The molecule has 2 aliphatic rings. The number of fused-ring (bicyclic) bond motifs is 4. The Labute approximate surface area is 237 Å². The van der Waals surface area contributed by atoms with Gasteiger partial charge in [-0.2, -0.15) is 0 Å². The number of amides is 2. The molecule has 1 spiro atoms. The number of nitrogens with one attached hydrogen (secondary N) is 2. The van der Waals surface area contributed by atoms with Gasteiger partial charge >= 0.3 is 5.69 Å². The van der Waals surface area contributed by atoms with E-state index in [0.717, 1.165) is 34.3 Å². The molecule has 1 aliphatic heterocycles. The van der Waals surface area contributed by atoms with Crippen LogP contribution >= 0.6 is 11.3 Å². The van der Waals surface area contributed by atoms with Crippen LogP contribution in [-0.4, -0.2) is 45.6 Å². The first-order chi connectivity index (χ1) is 19.6. The molecule has 13 heteroatoms. The molecule has 3 aromatic heterocycles. The van der Waals surface area contributed by atoms with Gasteiger partial charge in [-0.25, -0.2) is 27.7 Å². The van der Waals surface area contributed by atoms with E-state index in [1.165, 1.54) is 14.5 Å². The average Bonchev–Trinajstić information content (AvgIpc) is 3.69. The summed E-state index contributed by atoms with van der Waals surface area (Å²) in [6, 6.07) is 16.3. The number of thiazole rings is 1. The standard InChI is InChI=1S/C28H22N6O5S2/c1-41(38,39)23-15-40-26(31-23)34-21-7-3-2-6-20(21)33(27(34)37)14-22(35)30-18-9-8-16-12-28(13-17(16)11-18)19-5-4-10-29-24(19)32-25(28)36/h2-11,15H,12-14H2,1H3,(H,30,35)(H,29,32,36). The van der Waals surface area contributed by atoms with Crippen molar-refractivity contribution in [1.29, 1.82) is 0 Å². The molecule has 2 amide bonds. The Morgan fingerprint density at radius 1 is 1.07 bits per heavy atom. The molecule has 41 heavy (non-hydrogen) atoms. The normalized spacial score (nSPS) is 17.5. The van der Waals surface area contributed by atoms with E-state index in [-0.39, 0.29) is 22.6 Å². The Hall–Kier alpha value is -4.62. The maximum Gasteiger partial charge on any atom is 0.336 e. The van der Waals surface area contributed by atoms with Crippen molar-refractivity contribution in [1.82, 2.24) is 19.1 Å². The van der Waals surface area contributed by atoms with Crippen LogP contribution in [0.25, 0.3) is 16.2 Å². The third kappa shape index (κ3) is 3.99. The predicted molar refractivity (Wildman–Crippen MR) is 153 cm³/mol. The number of nitrogens with zero attached hydrogens (tertiary/aromatic N) is 4. The summed E-state index contributed by atoms with van der Waals surface area (Å²) in [7, 11) is -3.54. The zero-order valence-electron chi connectivity index (χ0n) is 21.6. The molecule has 0 radical (unpaired) electrons. The molecular weight excluding hydrogens is 564 g/mol. The van der Waals surface area contributed by atoms with Crippen LogP contribution in [0, 0.1) is 0 Å². The summed E-state index contributed by atoms with van der Waals surface area (Å²) in [6.07, 6.45) is 3.75. The largest absolute Gasteiger partial charge is 0.336 e. The van der Waals surface area contributed by atoms with E-state index in [9.17, 15) is 22.8 Å². The zero-order valence-corrected chi connectivity index (χ0v) is 23.3. The fourth-order valence-corrected chi connectivity index (χ4v) is 7.60. The molecule has 2 aromatic carbocycles. The fourth-order valence-electron chi connectivity index (χ4n) is 5.76. The van der Waals surface area contributed by atoms with E-state index in [1.54, 1.807) is 36.5 Å². The van der Waals surface area contributed by atoms with Gasteiger partial charge in [-0.1, -0.05) is 24.3 Å². The Bertz CT molecular complexity index is 2090. The SMILES string of the molecule is CS(=O)(=O)c1csc(-n2c(=O)n(CC(=O)Nc3ccc4c(c3)CC3(C4)C(=O)Nc4ncccc43)c3ccccc32)n1. The van der Waals surface area contributed by atoms with Crippen LogP contribution in [0.15, 0.2) is 76.0 Å². The molecule has 0 saturated carbocycles. The highest BCUT2D eigenvalue weighted by Crippen LogP contribution is 2.46. The quantitative estimate of drug-likeness (QED) is 0.322. The monoisotopic (exact) mass is 586 g/mol. The van der Waals surface area contributed by atoms with Crippen molar-refractivity contribution < 1.29 is 18.0 Å². The summed E-state index contributed by atoms with van der Waals surface area (Å²) in [5, 5.41) is 7.24. The minimum Gasteiger partial charge on any atom is -0.325 e. The van der Waals surface area contributed by atoms with Gasteiger partial charge < -0.3 is 10.6 Å². The molecule has 4 heterocycles. The van der Waals surface area contributed by atoms with E-state index in [2.05, 4.69) is 20.6 Å². The second kappa shape index (κ2) is 8.94. The molecule has 2 N–H and O–H groups in total. The van der Waals surface area contributed by atoms with Crippen LogP contribution < -0.4 is 16.3 Å². The van der Waals surface area contributed by atoms with Crippen LogP contribution in [0.3, 0.4) is 0 Å². The lowest BCUT2D eigenvalue weighted by Crippen LogP contribution is -2.35. The van der Waals surface area contributed by atoms with Gasteiger partial charge in [-0.15, -0.1) is 11.3 Å². The fraction of sp³-hybridized carbons (Fsp3) is 0.179. The zero-order chi connectivity index (χ0) is 28.5. The second-order valence-electron chi connectivity index (χ2n) is 10.3. The smallest absolute Gasteiger partial charge is 0.325 e. The van der Waals surface area contributed by atoms with Gasteiger partial charge in [0.25, 0.3) is 0 Å². The van der Waals surface area contributed by atoms with Crippen molar-refractivity contribution in [3.63, 3.8) is 0 Å². The van der Waals surface area contributed by atoms with Crippen LogP contribution in [-0.2, 0) is 44.2 Å². The minimum atomic E-state index is -3.54. The lowest BCUT2D eigenvalue weighted by Gasteiger charge is -2.20. The van der Waals surface area contributed by atoms with Crippen molar-refractivity contribution in [2.24, 2.45) is 0 Å². The van der Waals surface area contributed by atoms with Gasteiger partial charge in [0, 0.05) is 29.1 Å². The number of imidazole rings is 1. The van der Waals surface area contributed by atoms with Gasteiger partial charge in [0.1, 0.15) is 12.4 Å². The Morgan fingerprint density at radius 3 is 2.63 bits per heavy atom. The van der Waals surface area contributed by atoms with E-state index < -0.39 is 26.8 Å². The molecule has 5 aromatic rings. The van der Waals surface area contributed by atoms with E-state index in [4.69, 9.17) is 0 Å². The highest BCUT2D eigenvalue weighted by atomic mass is 32.2. The van der Waals surface area contributed by atoms with Gasteiger partial charge in [0.05, 0.1) is 16.4 Å². The maximum absolute atomic E-state index is 13.5. The lowest BCUT2D eigenvalue weighted by atomic mass is 9.79. The number of sulfone groups is 1. The van der Waals surface area contributed by atoms with Gasteiger partial charge in [0.2, 0.25) is 11.8 Å². The molecule has 0 bridgehead atoms. The average molecular weight is 587 g/mol. The minimum absolute atomic E-state index is 0.0763. The molecule has 206 valence electrons. The highest BCUT2D eigenvalue weighted by Gasteiger charge is 2.51. The molecule has 7 rings (SSSR count). The molecule has 0 fully saturated rings. The molecule has 11 nitrogen and oxygen atoms in total. The van der Waals surface area contributed by atoms with Crippen LogP contribution in [0.5, 0.6) is 0 Å². The van der Waals surface area contributed by atoms with Crippen LogP contribution in [0.4, 0.5) is 11.5 Å². The molecule has 1 atom stereocenters. The van der Waals surface area contributed by atoms with E-state index >= 15 is 0 Å². The Morgan fingerprint density at radius 2 is 1.85 bits per heavy atom. The number of benzene rings is 2. The van der Waals surface area contributed by atoms with Crippen molar-refractivity contribution in [3.05, 3.63) is 93.3 Å². The predicted octanol–water partition coefficient (Wildman–Crippen LogP) is 2.67. The second-order valence-corrected chi connectivity index (χ2v) is 13.1. The van der Waals surface area contributed by atoms with Crippen LogP contribution in [0.1, 0.15) is 16.7 Å². The number of carbonyl (C=O) groups is 2. The Kier molecular flexibility index (Phi) is 5.53. The number of hydrogen-bond donors (Lipinski definition) is 2. The lowest BCUT2D eigenvalue weighted by molar-refractivity contribution is -0.120. The molecule has 1 aliphatic carbocycles. The summed E-state index contributed by atoms with van der Waals surface area (Å²) in [5.41, 5.74) is 3.24.